The van der Waals surface area contributed by atoms with Gasteiger partial charge in [0, 0.05) is 11.6 Å². The number of halogens is 1. The van der Waals surface area contributed by atoms with Gasteiger partial charge >= 0.3 is 0 Å². The van der Waals surface area contributed by atoms with E-state index in [2.05, 4.69) is 4.98 Å². The standard InChI is InChI=1S/C10H10N2O2S.ClH/c1-7-5-8-3-2-4-12-10(8)9(6-7)15(11,13)14;/h2-6H,1H3,(H2,11,13,14);1H. The van der Waals surface area contributed by atoms with Gasteiger partial charge in [0.15, 0.2) is 0 Å². The molecule has 0 spiro atoms. The van der Waals surface area contributed by atoms with Crippen LogP contribution in [0.3, 0.4) is 0 Å². The van der Waals surface area contributed by atoms with Crippen molar-refractivity contribution in [2.45, 2.75) is 11.8 Å². The van der Waals surface area contributed by atoms with E-state index in [1.165, 1.54) is 6.07 Å². The smallest absolute Gasteiger partial charge is 0.240 e. The highest BCUT2D eigenvalue weighted by atomic mass is 35.5. The molecule has 4 nitrogen and oxygen atoms in total. The van der Waals surface area contributed by atoms with Crippen molar-refractivity contribution in [1.29, 1.82) is 0 Å². The van der Waals surface area contributed by atoms with E-state index in [0.29, 0.717) is 5.52 Å². The number of aryl methyl sites for hydroxylation is 1. The van der Waals surface area contributed by atoms with Gasteiger partial charge in [-0.05, 0) is 30.7 Å². The summed E-state index contributed by atoms with van der Waals surface area (Å²) in [5.41, 5.74) is 1.27. The van der Waals surface area contributed by atoms with E-state index >= 15 is 0 Å². The van der Waals surface area contributed by atoms with Crippen LogP contribution in [0.15, 0.2) is 35.4 Å². The predicted molar refractivity (Wildman–Crippen MR) is 65.1 cm³/mol. The van der Waals surface area contributed by atoms with Gasteiger partial charge in [-0.15, -0.1) is 12.4 Å². The zero-order valence-electron chi connectivity index (χ0n) is 8.54. The topological polar surface area (TPSA) is 73.1 Å². The Hall–Kier alpha value is -1.17. The number of nitrogens with two attached hydrogens (primary N) is 1. The summed E-state index contributed by atoms with van der Waals surface area (Å²) in [6.45, 7) is 1.82. The lowest BCUT2D eigenvalue weighted by atomic mass is 10.1. The third kappa shape index (κ3) is 2.32. The molecule has 2 N–H and O–H groups in total. The molecule has 0 unspecified atom stereocenters. The monoisotopic (exact) mass is 258 g/mol. The van der Waals surface area contributed by atoms with E-state index in [1.807, 2.05) is 19.1 Å². The summed E-state index contributed by atoms with van der Waals surface area (Å²) < 4.78 is 22.7. The number of benzene rings is 1. The fourth-order valence-electron chi connectivity index (χ4n) is 1.52. The molecule has 0 saturated heterocycles. The molecule has 0 aliphatic rings. The molecule has 6 heteroatoms. The number of hydrogen-bond donors (Lipinski definition) is 1. The fourth-order valence-corrected chi connectivity index (χ4v) is 2.31. The van der Waals surface area contributed by atoms with Gasteiger partial charge < -0.3 is 0 Å². The Morgan fingerprint density at radius 1 is 1.31 bits per heavy atom. The fraction of sp³-hybridized carbons (Fsp3) is 0.100. The minimum Gasteiger partial charge on any atom is -0.255 e. The maximum atomic E-state index is 11.3. The summed E-state index contributed by atoms with van der Waals surface area (Å²) in [6.07, 6.45) is 1.55. The van der Waals surface area contributed by atoms with Gasteiger partial charge in [-0.2, -0.15) is 0 Å². The number of primary sulfonamides is 1. The van der Waals surface area contributed by atoms with Crippen molar-refractivity contribution in [2.75, 3.05) is 0 Å². The largest absolute Gasteiger partial charge is 0.255 e. The first-order valence-corrected chi connectivity index (χ1v) is 5.91. The molecule has 0 saturated carbocycles. The van der Waals surface area contributed by atoms with E-state index in [4.69, 9.17) is 5.14 Å². The molecule has 16 heavy (non-hydrogen) atoms. The van der Waals surface area contributed by atoms with Crippen molar-refractivity contribution >= 4 is 33.3 Å². The SMILES string of the molecule is Cc1cc(S(N)(=O)=O)c2ncccc2c1.Cl. The normalized spacial score (nSPS) is 11.1. The first kappa shape index (κ1) is 12.9. The number of pyridine rings is 1. The van der Waals surface area contributed by atoms with Crippen molar-refractivity contribution in [2.24, 2.45) is 5.14 Å². The lowest BCUT2D eigenvalue weighted by Gasteiger charge is -2.04. The third-order valence-electron chi connectivity index (χ3n) is 2.12. The van der Waals surface area contributed by atoms with Crippen molar-refractivity contribution in [3.8, 4) is 0 Å². The first-order chi connectivity index (χ1) is 6.98. The quantitative estimate of drug-likeness (QED) is 0.845. The van der Waals surface area contributed by atoms with Crippen molar-refractivity contribution in [1.82, 2.24) is 4.98 Å². The van der Waals surface area contributed by atoms with Gasteiger partial charge in [-0.25, -0.2) is 13.6 Å². The van der Waals surface area contributed by atoms with Crippen LogP contribution in [0.5, 0.6) is 0 Å². The maximum absolute atomic E-state index is 11.3. The molecule has 0 amide bonds. The molecule has 0 fully saturated rings. The summed E-state index contributed by atoms with van der Waals surface area (Å²) in [4.78, 5) is 4.11. The van der Waals surface area contributed by atoms with Crippen LogP contribution in [0.2, 0.25) is 0 Å². The van der Waals surface area contributed by atoms with Crippen molar-refractivity contribution in [3.05, 3.63) is 36.0 Å². The number of hydrogen-bond acceptors (Lipinski definition) is 3. The Bertz CT molecular complexity index is 626. The molecule has 0 aliphatic carbocycles. The maximum Gasteiger partial charge on any atom is 0.240 e. The Morgan fingerprint density at radius 3 is 2.62 bits per heavy atom. The van der Waals surface area contributed by atoms with Gasteiger partial charge in [0.25, 0.3) is 0 Å². The Balaban J connectivity index is 0.00000128. The van der Waals surface area contributed by atoms with Crippen LogP contribution in [0.1, 0.15) is 5.56 Å². The molecule has 1 aromatic heterocycles. The number of sulfonamides is 1. The third-order valence-corrected chi connectivity index (χ3v) is 3.05. The molecule has 86 valence electrons. The van der Waals surface area contributed by atoms with Gasteiger partial charge in [0.05, 0.1) is 5.52 Å². The molecule has 1 heterocycles. The number of rotatable bonds is 1. The highest BCUT2D eigenvalue weighted by Crippen LogP contribution is 2.21. The van der Waals surface area contributed by atoms with Crippen molar-refractivity contribution in [3.63, 3.8) is 0 Å². The van der Waals surface area contributed by atoms with Crippen LogP contribution in [0, 0.1) is 6.92 Å². The van der Waals surface area contributed by atoms with E-state index < -0.39 is 10.0 Å². The Kier molecular flexibility index (Phi) is 3.52. The van der Waals surface area contributed by atoms with Gasteiger partial charge in [-0.3, -0.25) is 4.98 Å². The van der Waals surface area contributed by atoms with Gasteiger partial charge in [0.1, 0.15) is 4.90 Å². The molecule has 0 atom stereocenters. The van der Waals surface area contributed by atoms with Crippen molar-refractivity contribution < 1.29 is 8.42 Å². The Labute approximate surface area is 100.0 Å². The molecule has 0 radical (unpaired) electrons. The minimum atomic E-state index is -3.71. The second-order valence-corrected chi connectivity index (χ2v) is 4.91. The van der Waals surface area contributed by atoms with Crippen LogP contribution in [0.4, 0.5) is 0 Å². The first-order valence-electron chi connectivity index (χ1n) is 4.37. The van der Waals surface area contributed by atoms with Crippen LogP contribution in [-0.4, -0.2) is 13.4 Å². The summed E-state index contributed by atoms with van der Waals surface area (Å²) in [5, 5.41) is 5.90. The molecular weight excluding hydrogens is 248 g/mol. The van der Waals surface area contributed by atoms with Crippen LogP contribution < -0.4 is 5.14 Å². The summed E-state index contributed by atoms with van der Waals surface area (Å²) in [5.74, 6) is 0. The molecule has 2 aromatic rings. The average molecular weight is 259 g/mol. The number of fused-ring (bicyclic) bond motifs is 1. The van der Waals surface area contributed by atoms with E-state index in [1.54, 1.807) is 12.3 Å². The van der Waals surface area contributed by atoms with Crippen LogP contribution in [0.25, 0.3) is 10.9 Å². The van der Waals surface area contributed by atoms with E-state index in [9.17, 15) is 8.42 Å². The average Bonchev–Trinajstić information content (AvgIpc) is 2.15. The highest BCUT2D eigenvalue weighted by Gasteiger charge is 2.13. The van der Waals surface area contributed by atoms with Gasteiger partial charge in [-0.1, -0.05) is 6.07 Å². The lowest BCUT2D eigenvalue weighted by molar-refractivity contribution is 0.598. The number of nitrogens with zero attached hydrogens (tertiary/aromatic N) is 1. The second-order valence-electron chi connectivity index (χ2n) is 3.38. The number of aromatic nitrogens is 1. The predicted octanol–water partition coefficient (Wildman–Crippen LogP) is 1.61. The molecular formula is C10H11ClN2O2S. The zero-order chi connectivity index (χ0) is 11.1. The highest BCUT2D eigenvalue weighted by molar-refractivity contribution is 7.89. The summed E-state index contributed by atoms with van der Waals surface area (Å²) in [7, 11) is -3.71. The minimum absolute atomic E-state index is 0. The molecule has 2 rings (SSSR count). The zero-order valence-corrected chi connectivity index (χ0v) is 10.2. The second kappa shape index (κ2) is 4.37. The van der Waals surface area contributed by atoms with E-state index in [0.717, 1.165) is 10.9 Å². The van der Waals surface area contributed by atoms with Crippen LogP contribution in [-0.2, 0) is 10.0 Å². The van der Waals surface area contributed by atoms with Gasteiger partial charge in [0.2, 0.25) is 10.0 Å². The van der Waals surface area contributed by atoms with E-state index in [-0.39, 0.29) is 17.3 Å². The lowest BCUT2D eigenvalue weighted by Crippen LogP contribution is -2.13. The molecule has 0 bridgehead atoms. The summed E-state index contributed by atoms with van der Waals surface area (Å²) in [6, 6.07) is 6.97. The molecule has 1 aromatic carbocycles. The van der Waals surface area contributed by atoms with Crippen LogP contribution >= 0.6 is 12.4 Å². The Morgan fingerprint density at radius 2 is 2.00 bits per heavy atom. The molecule has 0 aliphatic heterocycles. The summed E-state index contributed by atoms with van der Waals surface area (Å²) >= 11 is 0.